The van der Waals surface area contributed by atoms with Gasteiger partial charge >= 0.3 is 0 Å². The van der Waals surface area contributed by atoms with Crippen molar-refractivity contribution in [1.82, 2.24) is 0 Å². The molecule has 98 valence electrons. The number of benzene rings is 2. The molecule has 0 aliphatic rings. The van der Waals surface area contributed by atoms with E-state index >= 15 is 0 Å². The van der Waals surface area contributed by atoms with Crippen molar-refractivity contribution >= 4 is 17.6 Å². The van der Waals surface area contributed by atoms with Gasteiger partial charge in [0.25, 0.3) is 0 Å². The molecule has 0 aliphatic carbocycles. The average Bonchev–Trinajstić information content (AvgIpc) is 2.46. The van der Waals surface area contributed by atoms with Gasteiger partial charge in [0.2, 0.25) is 0 Å². The number of oxime groups is 1. The number of hydrogen-bond donors (Lipinski definition) is 2. The first-order valence-electron chi connectivity index (χ1n) is 5.96. The summed E-state index contributed by atoms with van der Waals surface area (Å²) in [5, 5.41) is 11.7. The molecule has 0 heterocycles. The van der Waals surface area contributed by atoms with Crippen LogP contribution in [0.25, 0.3) is 0 Å². The Morgan fingerprint density at radius 1 is 1.21 bits per heavy atom. The third-order valence-electron chi connectivity index (χ3n) is 2.82. The highest BCUT2D eigenvalue weighted by Gasteiger charge is 2.04. The molecule has 0 radical (unpaired) electrons. The Morgan fingerprint density at radius 2 is 1.95 bits per heavy atom. The van der Waals surface area contributed by atoms with Crippen LogP contribution in [0.3, 0.4) is 0 Å². The number of rotatable bonds is 4. The summed E-state index contributed by atoms with van der Waals surface area (Å²) in [4.78, 5) is 1.21. The van der Waals surface area contributed by atoms with Gasteiger partial charge in [0.15, 0.2) is 5.84 Å². The minimum Gasteiger partial charge on any atom is -0.409 e. The second-order valence-corrected chi connectivity index (χ2v) is 5.26. The van der Waals surface area contributed by atoms with Gasteiger partial charge in [0, 0.05) is 16.2 Å². The van der Waals surface area contributed by atoms with Crippen LogP contribution in [0.15, 0.2) is 58.6 Å². The van der Waals surface area contributed by atoms with Crippen molar-refractivity contribution in [2.24, 2.45) is 10.9 Å². The smallest absolute Gasteiger partial charge is 0.170 e. The summed E-state index contributed by atoms with van der Waals surface area (Å²) in [6.45, 7) is 2.03. The monoisotopic (exact) mass is 272 g/mol. The predicted octanol–water partition coefficient (Wildman–Crippen LogP) is 3.38. The van der Waals surface area contributed by atoms with E-state index in [0.29, 0.717) is 0 Å². The Hall–Kier alpha value is -1.94. The lowest BCUT2D eigenvalue weighted by molar-refractivity contribution is 0.318. The first-order valence-corrected chi connectivity index (χ1v) is 6.94. The Morgan fingerprint density at radius 3 is 2.58 bits per heavy atom. The predicted molar refractivity (Wildman–Crippen MR) is 79.7 cm³/mol. The highest BCUT2D eigenvalue weighted by Crippen LogP contribution is 2.26. The highest BCUT2D eigenvalue weighted by atomic mass is 32.2. The van der Waals surface area contributed by atoms with E-state index in [1.165, 1.54) is 10.5 Å². The van der Waals surface area contributed by atoms with Crippen molar-refractivity contribution in [3.05, 3.63) is 65.2 Å². The van der Waals surface area contributed by atoms with Gasteiger partial charge in [-0.1, -0.05) is 41.6 Å². The van der Waals surface area contributed by atoms with E-state index in [4.69, 9.17) is 10.9 Å². The zero-order valence-electron chi connectivity index (χ0n) is 10.7. The number of hydrogen-bond acceptors (Lipinski definition) is 3. The molecule has 0 aromatic heterocycles. The first kappa shape index (κ1) is 13.5. The van der Waals surface area contributed by atoms with Crippen LogP contribution in [0.4, 0.5) is 0 Å². The van der Waals surface area contributed by atoms with Gasteiger partial charge in [-0.3, -0.25) is 0 Å². The maximum Gasteiger partial charge on any atom is 0.170 e. The molecule has 4 heteroatoms. The summed E-state index contributed by atoms with van der Waals surface area (Å²) in [6.07, 6.45) is 0. The molecule has 3 N–H and O–H groups in total. The summed E-state index contributed by atoms with van der Waals surface area (Å²) >= 11 is 1.78. The summed E-state index contributed by atoms with van der Waals surface area (Å²) in [7, 11) is 0. The van der Waals surface area contributed by atoms with Gasteiger partial charge < -0.3 is 10.9 Å². The van der Waals surface area contributed by atoms with Crippen LogP contribution in [0.2, 0.25) is 0 Å². The number of amidine groups is 1. The maximum absolute atomic E-state index is 8.66. The van der Waals surface area contributed by atoms with Crippen molar-refractivity contribution in [2.75, 3.05) is 0 Å². The van der Waals surface area contributed by atoms with Crippen LogP contribution in [-0.2, 0) is 5.75 Å². The molecule has 0 saturated carbocycles. The van der Waals surface area contributed by atoms with E-state index in [2.05, 4.69) is 17.3 Å². The molecule has 19 heavy (non-hydrogen) atoms. The van der Waals surface area contributed by atoms with Gasteiger partial charge in [-0.2, -0.15) is 0 Å². The molecule has 2 aromatic rings. The Kier molecular flexibility index (Phi) is 4.47. The largest absolute Gasteiger partial charge is 0.409 e. The van der Waals surface area contributed by atoms with Gasteiger partial charge in [-0.05, 0) is 30.2 Å². The van der Waals surface area contributed by atoms with Crippen molar-refractivity contribution in [1.29, 1.82) is 0 Å². The van der Waals surface area contributed by atoms with Crippen molar-refractivity contribution in [2.45, 2.75) is 17.6 Å². The molecular formula is C15H16N2OS. The Labute approximate surface area is 117 Å². The Balaban J connectivity index is 2.10. The van der Waals surface area contributed by atoms with Crippen LogP contribution < -0.4 is 5.73 Å². The fourth-order valence-electron chi connectivity index (χ4n) is 1.76. The lowest BCUT2D eigenvalue weighted by Gasteiger charge is -2.07. The number of nitrogens with zero attached hydrogens (tertiary/aromatic N) is 1. The SMILES string of the molecule is Cc1cc(/C(N)=N/O)ccc1SCc1ccccc1. The minimum absolute atomic E-state index is 0.141. The third kappa shape index (κ3) is 3.51. The summed E-state index contributed by atoms with van der Waals surface area (Å²) in [5.41, 5.74) is 8.74. The van der Waals surface area contributed by atoms with Gasteiger partial charge in [-0.15, -0.1) is 11.8 Å². The topological polar surface area (TPSA) is 58.6 Å². The quantitative estimate of drug-likeness (QED) is 0.295. The van der Waals surface area contributed by atoms with E-state index in [9.17, 15) is 0 Å². The summed E-state index contributed by atoms with van der Waals surface area (Å²) in [6, 6.07) is 16.2. The van der Waals surface area contributed by atoms with Gasteiger partial charge in [-0.25, -0.2) is 0 Å². The lowest BCUT2D eigenvalue weighted by atomic mass is 10.1. The summed E-state index contributed by atoms with van der Waals surface area (Å²) < 4.78 is 0. The van der Waals surface area contributed by atoms with E-state index in [0.717, 1.165) is 16.9 Å². The fraction of sp³-hybridized carbons (Fsp3) is 0.133. The van der Waals surface area contributed by atoms with Crippen LogP contribution in [0.1, 0.15) is 16.7 Å². The highest BCUT2D eigenvalue weighted by molar-refractivity contribution is 7.98. The molecule has 0 atom stereocenters. The molecule has 0 bridgehead atoms. The fourth-order valence-corrected chi connectivity index (χ4v) is 2.73. The molecule has 0 aliphatic heterocycles. The first-order chi connectivity index (χ1) is 9.20. The molecule has 2 rings (SSSR count). The van der Waals surface area contributed by atoms with Crippen LogP contribution in [0.5, 0.6) is 0 Å². The maximum atomic E-state index is 8.66. The molecular weight excluding hydrogens is 256 g/mol. The van der Waals surface area contributed by atoms with Gasteiger partial charge in [0.1, 0.15) is 0 Å². The second-order valence-electron chi connectivity index (χ2n) is 4.24. The number of thioether (sulfide) groups is 1. The van der Waals surface area contributed by atoms with E-state index in [1.807, 2.05) is 43.3 Å². The second kappa shape index (κ2) is 6.29. The molecule has 0 fully saturated rings. The normalized spacial score (nSPS) is 11.5. The van der Waals surface area contributed by atoms with Crippen molar-refractivity contribution in [3.63, 3.8) is 0 Å². The molecule has 0 unspecified atom stereocenters. The molecule has 0 amide bonds. The average molecular weight is 272 g/mol. The lowest BCUT2D eigenvalue weighted by Crippen LogP contribution is -2.13. The molecule has 0 saturated heterocycles. The molecule has 0 spiro atoms. The molecule has 2 aromatic carbocycles. The van der Waals surface area contributed by atoms with Crippen molar-refractivity contribution in [3.8, 4) is 0 Å². The zero-order chi connectivity index (χ0) is 13.7. The minimum atomic E-state index is 0.141. The van der Waals surface area contributed by atoms with Gasteiger partial charge in [0.05, 0.1) is 0 Å². The Bertz CT molecular complexity index is 582. The van der Waals surface area contributed by atoms with E-state index < -0.39 is 0 Å². The van der Waals surface area contributed by atoms with Crippen LogP contribution >= 0.6 is 11.8 Å². The van der Waals surface area contributed by atoms with Crippen LogP contribution in [-0.4, -0.2) is 11.0 Å². The molecule has 3 nitrogen and oxygen atoms in total. The third-order valence-corrected chi connectivity index (χ3v) is 4.06. The van der Waals surface area contributed by atoms with E-state index in [-0.39, 0.29) is 5.84 Å². The standard InChI is InChI=1S/C15H16N2OS/c1-11-9-13(15(16)17-18)7-8-14(11)19-10-12-5-3-2-4-6-12/h2-9,18H,10H2,1H3,(H2,16,17). The van der Waals surface area contributed by atoms with Crippen LogP contribution in [0, 0.1) is 6.92 Å². The zero-order valence-corrected chi connectivity index (χ0v) is 11.5. The number of aryl methyl sites for hydroxylation is 1. The number of nitrogens with two attached hydrogens (primary N) is 1. The summed E-state index contributed by atoms with van der Waals surface area (Å²) in [5.74, 6) is 1.08. The van der Waals surface area contributed by atoms with Crippen molar-refractivity contribution < 1.29 is 5.21 Å². The van der Waals surface area contributed by atoms with E-state index in [1.54, 1.807) is 11.8 Å².